The van der Waals surface area contributed by atoms with E-state index in [2.05, 4.69) is 0 Å². The molecule has 0 heterocycles. The molecule has 1 aromatic carbocycles. The van der Waals surface area contributed by atoms with Gasteiger partial charge in [-0.25, -0.2) is 4.79 Å². The summed E-state index contributed by atoms with van der Waals surface area (Å²) in [5.74, 6) is -0.362. The number of carbonyl (C=O) groups excluding carboxylic acids is 1. The zero-order valence-electron chi connectivity index (χ0n) is 10.5. The maximum Gasteiger partial charge on any atom is 0.330 e. The van der Waals surface area contributed by atoms with E-state index >= 15 is 0 Å². The third-order valence-corrected chi connectivity index (χ3v) is 2.46. The zero-order chi connectivity index (χ0) is 13.4. The molecule has 0 aliphatic heterocycles. The quantitative estimate of drug-likeness (QED) is 0.585. The molecule has 0 saturated carbocycles. The molecule has 3 N–H and O–H groups in total. The van der Waals surface area contributed by atoms with Gasteiger partial charge in [-0.15, -0.1) is 0 Å². The number of carbonyl (C=O) groups is 1. The van der Waals surface area contributed by atoms with Crippen molar-refractivity contribution in [3.8, 4) is 0 Å². The van der Waals surface area contributed by atoms with Crippen LogP contribution in [0.3, 0.4) is 0 Å². The summed E-state index contributed by atoms with van der Waals surface area (Å²) in [4.78, 5) is 11.2. The van der Waals surface area contributed by atoms with Crippen molar-refractivity contribution in [2.24, 2.45) is 5.73 Å². The Hall–Kier alpha value is -1.65. The van der Waals surface area contributed by atoms with E-state index < -0.39 is 0 Å². The second kappa shape index (κ2) is 7.63. The van der Waals surface area contributed by atoms with E-state index in [4.69, 9.17) is 15.6 Å². The van der Waals surface area contributed by atoms with Crippen LogP contribution in [0.2, 0.25) is 0 Å². The molecule has 18 heavy (non-hydrogen) atoms. The lowest BCUT2D eigenvalue weighted by Crippen LogP contribution is -2.27. The number of hydrogen-bond donors (Lipinski definition) is 2. The fourth-order valence-electron chi connectivity index (χ4n) is 1.58. The average molecular weight is 249 g/mol. The predicted molar refractivity (Wildman–Crippen MR) is 70.9 cm³/mol. The molecule has 98 valence electrons. The highest BCUT2D eigenvalue weighted by Gasteiger charge is 2.05. The third kappa shape index (κ3) is 4.69. The number of nitrogens with two attached hydrogens (primary N) is 1. The molecule has 0 aliphatic rings. The van der Waals surface area contributed by atoms with E-state index in [0.717, 1.165) is 11.1 Å². The van der Waals surface area contributed by atoms with Crippen molar-refractivity contribution in [1.29, 1.82) is 0 Å². The van der Waals surface area contributed by atoms with Crippen LogP contribution in [0.1, 0.15) is 18.1 Å². The van der Waals surface area contributed by atoms with Crippen LogP contribution >= 0.6 is 0 Å². The molecular weight excluding hydrogens is 230 g/mol. The number of ether oxygens (including phenoxy) is 1. The van der Waals surface area contributed by atoms with Crippen molar-refractivity contribution in [2.45, 2.75) is 19.4 Å². The minimum atomic E-state index is -0.362. The standard InChI is InChI=1S/C14H19NO3/c1-2-18-14(17)8-7-11-5-3-4-6-12(11)9-13(15)10-16/h3-8,13,16H,2,9-10,15H2,1H3/b8-7+. The van der Waals surface area contributed by atoms with Crippen LogP contribution in [0.5, 0.6) is 0 Å². The minimum Gasteiger partial charge on any atom is -0.463 e. The molecule has 0 fully saturated rings. The lowest BCUT2D eigenvalue weighted by atomic mass is 10.0. The number of aliphatic hydroxyl groups is 1. The molecule has 1 atom stereocenters. The lowest BCUT2D eigenvalue weighted by Gasteiger charge is -2.10. The first-order chi connectivity index (χ1) is 8.67. The molecule has 0 saturated heterocycles. The summed E-state index contributed by atoms with van der Waals surface area (Å²) in [5.41, 5.74) is 7.62. The van der Waals surface area contributed by atoms with Crippen LogP contribution in [0.15, 0.2) is 30.3 Å². The van der Waals surface area contributed by atoms with Crippen LogP contribution in [-0.2, 0) is 16.0 Å². The van der Waals surface area contributed by atoms with E-state index in [1.807, 2.05) is 24.3 Å². The Kier molecular flexibility index (Phi) is 6.11. The number of rotatable bonds is 6. The van der Waals surface area contributed by atoms with Gasteiger partial charge in [0.25, 0.3) is 0 Å². The zero-order valence-corrected chi connectivity index (χ0v) is 10.5. The largest absolute Gasteiger partial charge is 0.463 e. The summed E-state index contributed by atoms with van der Waals surface area (Å²) in [5, 5.41) is 8.96. The van der Waals surface area contributed by atoms with E-state index in [-0.39, 0.29) is 18.6 Å². The summed E-state index contributed by atoms with van der Waals surface area (Å²) in [6.45, 7) is 2.07. The highest BCUT2D eigenvalue weighted by Crippen LogP contribution is 2.12. The Labute approximate surface area is 107 Å². The van der Waals surface area contributed by atoms with Gasteiger partial charge < -0.3 is 15.6 Å². The summed E-state index contributed by atoms with van der Waals surface area (Å²) in [7, 11) is 0. The molecule has 4 heteroatoms. The normalized spacial score (nSPS) is 12.6. The van der Waals surface area contributed by atoms with Gasteiger partial charge in [-0.1, -0.05) is 24.3 Å². The molecule has 0 radical (unpaired) electrons. The highest BCUT2D eigenvalue weighted by molar-refractivity contribution is 5.87. The van der Waals surface area contributed by atoms with Crippen molar-refractivity contribution in [2.75, 3.05) is 13.2 Å². The van der Waals surface area contributed by atoms with Crippen LogP contribution < -0.4 is 5.73 Å². The van der Waals surface area contributed by atoms with Crippen molar-refractivity contribution >= 4 is 12.0 Å². The number of benzene rings is 1. The predicted octanol–water partition coefficient (Wildman–Crippen LogP) is 1.12. The van der Waals surface area contributed by atoms with Crippen molar-refractivity contribution in [3.63, 3.8) is 0 Å². The molecule has 1 unspecified atom stereocenters. The van der Waals surface area contributed by atoms with Crippen LogP contribution in [0.25, 0.3) is 6.08 Å². The van der Waals surface area contributed by atoms with Crippen LogP contribution in [0.4, 0.5) is 0 Å². The molecule has 1 aromatic rings. The van der Waals surface area contributed by atoms with Gasteiger partial charge in [0.2, 0.25) is 0 Å². The van der Waals surface area contributed by atoms with E-state index in [1.54, 1.807) is 13.0 Å². The molecule has 0 spiro atoms. The smallest absolute Gasteiger partial charge is 0.330 e. The van der Waals surface area contributed by atoms with Gasteiger partial charge in [0, 0.05) is 12.1 Å². The second-order valence-electron chi connectivity index (χ2n) is 3.93. The van der Waals surface area contributed by atoms with Gasteiger partial charge >= 0.3 is 5.97 Å². The Balaban J connectivity index is 2.78. The first-order valence-corrected chi connectivity index (χ1v) is 5.96. The molecular formula is C14H19NO3. The van der Waals surface area contributed by atoms with Crippen molar-refractivity contribution in [3.05, 3.63) is 41.5 Å². The topological polar surface area (TPSA) is 72.5 Å². The highest BCUT2D eigenvalue weighted by atomic mass is 16.5. The van der Waals surface area contributed by atoms with Crippen LogP contribution in [0, 0.1) is 0 Å². The second-order valence-corrected chi connectivity index (χ2v) is 3.93. The SMILES string of the molecule is CCOC(=O)/C=C/c1ccccc1CC(N)CO. The Bertz CT molecular complexity index is 415. The van der Waals surface area contributed by atoms with E-state index in [1.165, 1.54) is 6.08 Å². The third-order valence-electron chi connectivity index (χ3n) is 2.46. The number of esters is 1. The fraction of sp³-hybridized carbons (Fsp3) is 0.357. The maximum absolute atomic E-state index is 11.2. The number of hydrogen-bond acceptors (Lipinski definition) is 4. The molecule has 4 nitrogen and oxygen atoms in total. The summed E-state index contributed by atoms with van der Waals surface area (Å²) < 4.78 is 4.82. The van der Waals surface area contributed by atoms with Gasteiger partial charge in [-0.2, -0.15) is 0 Å². The van der Waals surface area contributed by atoms with E-state index in [0.29, 0.717) is 13.0 Å². The monoisotopic (exact) mass is 249 g/mol. The first kappa shape index (κ1) is 14.4. The fourth-order valence-corrected chi connectivity index (χ4v) is 1.58. The van der Waals surface area contributed by atoms with E-state index in [9.17, 15) is 4.79 Å². The maximum atomic E-state index is 11.2. The van der Waals surface area contributed by atoms with Gasteiger partial charge in [0.05, 0.1) is 13.2 Å². The molecule has 0 bridgehead atoms. The Morgan fingerprint density at radius 3 is 2.89 bits per heavy atom. The molecule has 0 aromatic heterocycles. The number of aliphatic hydroxyl groups excluding tert-OH is 1. The van der Waals surface area contributed by atoms with Gasteiger partial charge in [-0.3, -0.25) is 0 Å². The molecule has 0 aliphatic carbocycles. The van der Waals surface area contributed by atoms with Gasteiger partial charge in [0.15, 0.2) is 0 Å². The summed E-state index contributed by atoms with van der Waals surface area (Å²) >= 11 is 0. The lowest BCUT2D eigenvalue weighted by molar-refractivity contribution is -0.137. The van der Waals surface area contributed by atoms with Gasteiger partial charge in [-0.05, 0) is 30.5 Å². The molecule has 0 amide bonds. The first-order valence-electron chi connectivity index (χ1n) is 5.96. The van der Waals surface area contributed by atoms with Crippen molar-refractivity contribution in [1.82, 2.24) is 0 Å². The minimum absolute atomic E-state index is 0.0596. The molecule has 1 rings (SSSR count). The summed E-state index contributed by atoms with van der Waals surface area (Å²) in [6.07, 6.45) is 3.67. The Morgan fingerprint density at radius 2 is 2.22 bits per heavy atom. The summed E-state index contributed by atoms with van der Waals surface area (Å²) in [6, 6.07) is 7.33. The van der Waals surface area contributed by atoms with Crippen LogP contribution in [-0.4, -0.2) is 30.3 Å². The Morgan fingerprint density at radius 1 is 1.50 bits per heavy atom. The van der Waals surface area contributed by atoms with Crippen molar-refractivity contribution < 1.29 is 14.6 Å². The average Bonchev–Trinajstić information content (AvgIpc) is 2.38. The van der Waals surface area contributed by atoms with Gasteiger partial charge in [0.1, 0.15) is 0 Å².